The minimum Gasteiger partial charge on any atom is -0.493 e. The van der Waals surface area contributed by atoms with Gasteiger partial charge < -0.3 is 19.5 Å². The van der Waals surface area contributed by atoms with Gasteiger partial charge in [-0.3, -0.25) is 4.79 Å². The van der Waals surface area contributed by atoms with Gasteiger partial charge in [-0.2, -0.15) is 0 Å². The molecule has 0 radical (unpaired) electrons. The molecule has 2 aromatic rings. The molecule has 1 heterocycles. The Morgan fingerprint density at radius 2 is 1.78 bits per heavy atom. The van der Waals surface area contributed by atoms with Gasteiger partial charge in [0.25, 0.3) is 5.91 Å². The first-order valence-corrected chi connectivity index (χ1v) is 12.0. The lowest BCUT2D eigenvalue weighted by Gasteiger charge is -2.16. The highest BCUT2D eigenvalue weighted by molar-refractivity contribution is 8.26. The van der Waals surface area contributed by atoms with Crippen molar-refractivity contribution in [3.8, 4) is 17.2 Å². The van der Waals surface area contributed by atoms with Crippen LogP contribution in [0, 0.1) is 6.92 Å². The van der Waals surface area contributed by atoms with Crippen molar-refractivity contribution in [3.05, 3.63) is 58.0 Å². The number of aryl methyl sites for hydroxylation is 1. The number of hydrogen-bond donors (Lipinski definition) is 1. The predicted octanol–water partition coefficient (Wildman–Crippen LogP) is 5.85. The summed E-state index contributed by atoms with van der Waals surface area (Å²) in [6.07, 6.45) is 2.55. The molecule has 0 saturated carbocycles. The van der Waals surface area contributed by atoms with Gasteiger partial charge >= 0.3 is 0 Å². The summed E-state index contributed by atoms with van der Waals surface area (Å²) in [6.45, 7) is 9.93. The van der Waals surface area contributed by atoms with Gasteiger partial charge in [-0.15, -0.1) is 0 Å². The molecule has 0 spiro atoms. The van der Waals surface area contributed by atoms with Gasteiger partial charge in [-0.25, -0.2) is 0 Å². The Morgan fingerprint density at radius 3 is 2.44 bits per heavy atom. The zero-order valence-electron chi connectivity index (χ0n) is 18.9. The minimum atomic E-state index is -0.174. The van der Waals surface area contributed by atoms with Crippen LogP contribution in [0.25, 0.3) is 6.08 Å². The third-order valence-corrected chi connectivity index (χ3v) is 5.96. The Labute approximate surface area is 199 Å². The van der Waals surface area contributed by atoms with Crippen molar-refractivity contribution in [2.75, 3.05) is 19.8 Å². The molecular weight excluding hydrogens is 442 g/mol. The molecule has 0 aliphatic carbocycles. The number of nitrogens with one attached hydrogen (secondary N) is 1. The van der Waals surface area contributed by atoms with Crippen LogP contribution in [0.5, 0.6) is 17.2 Å². The molecule has 7 heteroatoms. The maximum absolute atomic E-state index is 11.9. The summed E-state index contributed by atoms with van der Waals surface area (Å²) in [5.41, 5.74) is 3.26. The van der Waals surface area contributed by atoms with Crippen molar-refractivity contribution in [2.24, 2.45) is 0 Å². The third kappa shape index (κ3) is 6.50. The molecular formula is C25H29NO4S2. The first kappa shape index (κ1) is 24.1. The SMILES string of the molecule is CCOc1cc(/C=C2/SC(=S)NC2=O)ccc1OCCCOc1cc(C)ccc1C(C)C. The maximum atomic E-state index is 11.9. The van der Waals surface area contributed by atoms with Gasteiger partial charge in [0.15, 0.2) is 11.5 Å². The topological polar surface area (TPSA) is 56.8 Å². The highest BCUT2D eigenvalue weighted by Gasteiger charge is 2.22. The number of carbonyl (C=O) groups excluding carboxylic acids is 1. The summed E-state index contributed by atoms with van der Waals surface area (Å²) >= 11 is 6.30. The summed E-state index contributed by atoms with van der Waals surface area (Å²) in [6, 6.07) is 12.0. The van der Waals surface area contributed by atoms with Crippen LogP contribution in [0.3, 0.4) is 0 Å². The zero-order chi connectivity index (χ0) is 23.1. The Bertz CT molecular complexity index is 1020. The van der Waals surface area contributed by atoms with E-state index < -0.39 is 0 Å². The highest BCUT2D eigenvalue weighted by Crippen LogP contribution is 2.32. The molecule has 3 rings (SSSR count). The first-order valence-electron chi connectivity index (χ1n) is 10.7. The fourth-order valence-corrected chi connectivity index (χ4v) is 4.29. The van der Waals surface area contributed by atoms with E-state index >= 15 is 0 Å². The molecule has 0 bridgehead atoms. The maximum Gasteiger partial charge on any atom is 0.263 e. The molecule has 0 atom stereocenters. The quantitative estimate of drug-likeness (QED) is 0.266. The fraction of sp³-hybridized carbons (Fsp3) is 0.360. The summed E-state index contributed by atoms with van der Waals surface area (Å²) in [4.78, 5) is 12.5. The van der Waals surface area contributed by atoms with Crippen molar-refractivity contribution >= 4 is 40.3 Å². The summed E-state index contributed by atoms with van der Waals surface area (Å²) in [5.74, 6) is 2.50. The molecule has 1 aliphatic rings. The van der Waals surface area contributed by atoms with Crippen molar-refractivity contribution in [1.29, 1.82) is 0 Å². The Balaban J connectivity index is 1.58. The number of thioether (sulfide) groups is 1. The van der Waals surface area contributed by atoms with Gasteiger partial charge in [-0.05, 0) is 60.7 Å². The molecule has 1 saturated heterocycles. The number of thiocarbonyl (C=S) groups is 1. The molecule has 0 aromatic heterocycles. The highest BCUT2D eigenvalue weighted by atomic mass is 32.2. The van der Waals surface area contributed by atoms with Crippen molar-refractivity contribution in [3.63, 3.8) is 0 Å². The standard InChI is InChI=1S/C25H29NO4S2/c1-5-28-22-14-18(15-23-24(27)26-25(31)32-23)8-10-20(22)29-11-6-12-30-21-13-17(4)7-9-19(21)16(2)3/h7-10,13-16H,5-6,11-12H2,1-4H3,(H,26,27,31)/b23-15+. The van der Waals surface area contributed by atoms with Crippen molar-refractivity contribution < 1.29 is 19.0 Å². The molecule has 170 valence electrons. The summed E-state index contributed by atoms with van der Waals surface area (Å²) in [7, 11) is 0. The molecule has 1 fully saturated rings. The summed E-state index contributed by atoms with van der Waals surface area (Å²) in [5, 5.41) is 2.62. The smallest absolute Gasteiger partial charge is 0.263 e. The van der Waals surface area contributed by atoms with Crippen LogP contribution in [-0.2, 0) is 4.79 Å². The molecule has 2 aromatic carbocycles. The molecule has 1 amide bonds. The van der Waals surface area contributed by atoms with E-state index in [1.165, 1.54) is 22.9 Å². The number of benzene rings is 2. The second-order valence-corrected chi connectivity index (χ2v) is 9.46. The van der Waals surface area contributed by atoms with Crippen molar-refractivity contribution in [1.82, 2.24) is 5.32 Å². The molecule has 1 N–H and O–H groups in total. The van der Waals surface area contributed by atoms with Crippen LogP contribution in [-0.4, -0.2) is 30.0 Å². The largest absolute Gasteiger partial charge is 0.493 e. The molecule has 0 unspecified atom stereocenters. The Morgan fingerprint density at radius 1 is 1.03 bits per heavy atom. The lowest BCUT2D eigenvalue weighted by atomic mass is 10.0. The third-order valence-electron chi connectivity index (χ3n) is 4.80. The second kappa shape index (κ2) is 11.4. The number of hydrogen-bond acceptors (Lipinski definition) is 6. The fourth-order valence-electron chi connectivity index (χ4n) is 3.24. The number of ether oxygens (including phenoxy) is 3. The molecule has 5 nitrogen and oxygen atoms in total. The van der Waals surface area contributed by atoms with Crippen LogP contribution in [0.2, 0.25) is 0 Å². The van der Waals surface area contributed by atoms with Gasteiger partial charge in [0.1, 0.15) is 10.1 Å². The van der Waals surface area contributed by atoms with E-state index in [-0.39, 0.29) is 5.91 Å². The average molecular weight is 472 g/mol. The van der Waals surface area contributed by atoms with Crippen LogP contribution in [0.4, 0.5) is 0 Å². The van der Waals surface area contributed by atoms with Crippen LogP contribution < -0.4 is 19.5 Å². The van der Waals surface area contributed by atoms with Crippen LogP contribution >= 0.6 is 24.0 Å². The van der Waals surface area contributed by atoms with E-state index in [0.717, 1.165) is 17.7 Å². The van der Waals surface area contributed by atoms with Gasteiger partial charge in [0.05, 0.1) is 24.7 Å². The number of amides is 1. The van der Waals surface area contributed by atoms with E-state index in [1.54, 1.807) is 6.08 Å². The lowest BCUT2D eigenvalue weighted by molar-refractivity contribution is -0.115. The number of carbonyl (C=O) groups is 1. The average Bonchev–Trinajstić information content (AvgIpc) is 3.05. The lowest BCUT2D eigenvalue weighted by Crippen LogP contribution is -2.17. The molecule has 1 aliphatic heterocycles. The van der Waals surface area contributed by atoms with Crippen LogP contribution in [0.1, 0.15) is 49.8 Å². The van der Waals surface area contributed by atoms with Crippen LogP contribution in [0.15, 0.2) is 41.3 Å². The zero-order valence-corrected chi connectivity index (χ0v) is 20.5. The Kier molecular flexibility index (Phi) is 8.59. The normalized spacial score (nSPS) is 14.7. The monoisotopic (exact) mass is 471 g/mol. The second-order valence-electron chi connectivity index (χ2n) is 7.74. The van der Waals surface area contributed by atoms with Gasteiger partial charge in [0, 0.05) is 6.42 Å². The van der Waals surface area contributed by atoms with E-state index in [0.29, 0.717) is 46.5 Å². The first-order chi connectivity index (χ1) is 15.4. The predicted molar refractivity (Wildman–Crippen MR) is 135 cm³/mol. The van der Waals surface area contributed by atoms with E-state index in [1.807, 2.05) is 25.1 Å². The van der Waals surface area contributed by atoms with Gasteiger partial charge in [0.2, 0.25) is 0 Å². The van der Waals surface area contributed by atoms with E-state index in [4.69, 9.17) is 26.4 Å². The van der Waals surface area contributed by atoms with E-state index in [9.17, 15) is 4.79 Å². The van der Waals surface area contributed by atoms with Gasteiger partial charge in [-0.1, -0.05) is 56.0 Å². The minimum absolute atomic E-state index is 0.174. The molecule has 32 heavy (non-hydrogen) atoms. The van der Waals surface area contributed by atoms with Crippen molar-refractivity contribution in [2.45, 2.75) is 40.0 Å². The number of rotatable bonds is 10. The Hall–Kier alpha value is -2.51. The summed E-state index contributed by atoms with van der Waals surface area (Å²) < 4.78 is 18.2. The van der Waals surface area contributed by atoms with E-state index in [2.05, 4.69) is 44.3 Å².